The highest BCUT2D eigenvalue weighted by molar-refractivity contribution is 6.00. The Balaban J connectivity index is 2.90. The summed E-state index contributed by atoms with van der Waals surface area (Å²) in [7, 11) is 1.49. The Labute approximate surface area is 103 Å². The third kappa shape index (κ3) is 3.73. The number of benzene rings is 1. The molecule has 1 aromatic rings. The molecule has 0 atom stereocenters. The van der Waals surface area contributed by atoms with E-state index in [4.69, 9.17) is 9.47 Å². The SMILES string of the molecule is COCCOc1cc(C(=O)C(F)(F)F)ccc1C. The quantitative estimate of drug-likeness (QED) is 0.604. The fourth-order valence-corrected chi connectivity index (χ4v) is 1.30. The highest BCUT2D eigenvalue weighted by atomic mass is 19.4. The normalized spacial score (nSPS) is 11.4. The maximum atomic E-state index is 12.3. The second-order valence-electron chi connectivity index (χ2n) is 3.65. The molecule has 1 aromatic carbocycles. The minimum atomic E-state index is -4.88. The molecule has 0 unspecified atom stereocenters. The number of halogens is 3. The summed E-state index contributed by atoms with van der Waals surface area (Å²) in [6, 6.07) is 3.65. The van der Waals surface area contributed by atoms with Crippen molar-refractivity contribution in [3.8, 4) is 5.75 Å². The van der Waals surface area contributed by atoms with E-state index in [-0.39, 0.29) is 12.4 Å². The van der Waals surface area contributed by atoms with Gasteiger partial charge in [0.1, 0.15) is 12.4 Å². The summed E-state index contributed by atoms with van der Waals surface area (Å²) in [4.78, 5) is 11.1. The lowest BCUT2D eigenvalue weighted by Crippen LogP contribution is -2.22. The van der Waals surface area contributed by atoms with Crippen LogP contribution in [-0.4, -0.2) is 32.3 Å². The molecule has 0 spiro atoms. The molecule has 0 saturated heterocycles. The number of alkyl halides is 3. The number of aryl methyl sites for hydroxylation is 1. The zero-order chi connectivity index (χ0) is 13.8. The predicted octanol–water partition coefficient (Wildman–Crippen LogP) is 2.77. The van der Waals surface area contributed by atoms with Crippen molar-refractivity contribution in [3.63, 3.8) is 0 Å². The van der Waals surface area contributed by atoms with Gasteiger partial charge in [0.15, 0.2) is 0 Å². The largest absolute Gasteiger partial charge is 0.491 e. The van der Waals surface area contributed by atoms with Crippen molar-refractivity contribution in [1.29, 1.82) is 0 Å². The van der Waals surface area contributed by atoms with Crippen LogP contribution in [0.2, 0.25) is 0 Å². The van der Waals surface area contributed by atoms with Gasteiger partial charge in [0.05, 0.1) is 6.61 Å². The van der Waals surface area contributed by atoms with Gasteiger partial charge in [-0.1, -0.05) is 12.1 Å². The van der Waals surface area contributed by atoms with Crippen LogP contribution >= 0.6 is 0 Å². The smallest absolute Gasteiger partial charge is 0.454 e. The number of hydrogen-bond acceptors (Lipinski definition) is 3. The molecule has 0 radical (unpaired) electrons. The van der Waals surface area contributed by atoms with Gasteiger partial charge in [-0.15, -0.1) is 0 Å². The van der Waals surface area contributed by atoms with Crippen molar-refractivity contribution in [1.82, 2.24) is 0 Å². The Kier molecular flexibility index (Phi) is 4.72. The second kappa shape index (κ2) is 5.86. The molecule has 0 N–H and O–H groups in total. The van der Waals surface area contributed by atoms with E-state index in [1.165, 1.54) is 13.2 Å². The summed E-state index contributed by atoms with van der Waals surface area (Å²) in [6.45, 7) is 2.21. The van der Waals surface area contributed by atoms with Crippen LogP contribution in [0.1, 0.15) is 15.9 Å². The van der Waals surface area contributed by atoms with Gasteiger partial charge in [-0.2, -0.15) is 13.2 Å². The van der Waals surface area contributed by atoms with Gasteiger partial charge in [0.25, 0.3) is 5.78 Å². The van der Waals surface area contributed by atoms with Crippen molar-refractivity contribution >= 4 is 5.78 Å². The Hall–Kier alpha value is -1.56. The van der Waals surface area contributed by atoms with Crippen LogP contribution < -0.4 is 4.74 Å². The van der Waals surface area contributed by atoms with Gasteiger partial charge in [-0.25, -0.2) is 0 Å². The summed E-state index contributed by atoms with van der Waals surface area (Å²) in [5.41, 5.74) is 0.227. The van der Waals surface area contributed by atoms with Crippen LogP contribution in [0.3, 0.4) is 0 Å². The summed E-state index contributed by atoms with van der Waals surface area (Å²) >= 11 is 0. The number of hydrogen-bond donors (Lipinski definition) is 0. The van der Waals surface area contributed by atoms with Gasteiger partial charge in [-0.3, -0.25) is 4.79 Å². The minimum Gasteiger partial charge on any atom is -0.491 e. The number of Topliss-reactive ketones (excluding diaryl/α,β-unsaturated/α-hetero) is 1. The molecule has 0 amide bonds. The zero-order valence-corrected chi connectivity index (χ0v) is 10.0. The fourth-order valence-electron chi connectivity index (χ4n) is 1.30. The molecule has 18 heavy (non-hydrogen) atoms. The molecule has 1 rings (SSSR count). The molecular weight excluding hydrogens is 249 g/mol. The van der Waals surface area contributed by atoms with Crippen molar-refractivity contribution < 1.29 is 27.4 Å². The molecule has 0 aliphatic rings. The number of methoxy groups -OCH3 is 1. The lowest BCUT2D eigenvalue weighted by Gasteiger charge is -2.11. The van der Waals surface area contributed by atoms with Crippen LogP contribution in [0.15, 0.2) is 18.2 Å². The van der Waals surface area contributed by atoms with Crippen LogP contribution in [0.25, 0.3) is 0 Å². The van der Waals surface area contributed by atoms with E-state index in [0.717, 1.165) is 12.1 Å². The summed E-state index contributed by atoms with van der Waals surface area (Å²) < 4.78 is 46.8. The van der Waals surface area contributed by atoms with Crippen LogP contribution in [0, 0.1) is 6.92 Å². The molecule has 6 heteroatoms. The zero-order valence-electron chi connectivity index (χ0n) is 10.0. The number of ketones is 1. The van der Waals surface area contributed by atoms with Crippen molar-refractivity contribution in [2.24, 2.45) is 0 Å². The van der Waals surface area contributed by atoms with E-state index in [9.17, 15) is 18.0 Å². The van der Waals surface area contributed by atoms with E-state index >= 15 is 0 Å². The van der Waals surface area contributed by atoms with Crippen LogP contribution in [0.5, 0.6) is 5.75 Å². The average molecular weight is 262 g/mol. The molecular formula is C12H13F3O3. The molecule has 0 aliphatic heterocycles. The molecule has 0 aliphatic carbocycles. The van der Waals surface area contributed by atoms with Crippen molar-refractivity contribution in [2.75, 3.05) is 20.3 Å². The van der Waals surface area contributed by atoms with Gasteiger partial charge in [0.2, 0.25) is 0 Å². The van der Waals surface area contributed by atoms with E-state index in [1.807, 2.05) is 0 Å². The third-order valence-corrected chi connectivity index (χ3v) is 2.25. The van der Waals surface area contributed by atoms with Gasteiger partial charge in [-0.05, 0) is 18.6 Å². The lowest BCUT2D eigenvalue weighted by molar-refractivity contribution is -0.0885. The van der Waals surface area contributed by atoms with Crippen LogP contribution in [-0.2, 0) is 4.74 Å². The minimum absolute atomic E-state index is 0.209. The number of carbonyl (C=O) groups is 1. The van der Waals surface area contributed by atoms with Crippen molar-refractivity contribution in [2.45, 2.75) is 13.1 Å². The Morgan fingerprint density at radius 2 is 1.94 bits per heavy atom. The molecule has 0 fully saturated rings. The monoisotopic (exact) mass is 262 g/mol. The highest BCUT2D eigenvalue weighted by Crippen LogP contribution is 2.26. The van der Waals surface area contributed by atoms with Gasteiger partial charge in [0, 0.05) is 12.7 Å². The first-order valence-electron chi connectivity index (χ1n) is 5.20. The Bertz CT molecular complexity index is 427. The first kappa shape index (κ1) is 14.5. The number of ether oxygens (including phenoxy) is 2. The second-order valence-corrected chi connectivity index (χ2v) is 3.65. The van der Waals surface area contributed by atoms with Crippen LogP contribution in [0.4, 0.5) is 13.2 Å². The van der Waals surface area contributed by atoms with Gasteiger partial charge < -0.3 is 9.47 Å². The molecule has 0 aromatic heterocycles. The summed E-state index contributed by atoms with van der Waals surface area (Å²) in [6.07, 6.45) is -4.88. The summed E-state index contributed by atoms with van der Waals surface area (Å²) in [5.74, 6) is -1.62. The van der Waals surface area contributed by atoms with E-state index < -0.39 is 17.5 Å². The molecule has 0 bridgehead atoms. The molecule has 3 nitrogen and oxygen atoms in total. The van der Waals surface area contributed by atoms with E-state index in [0.29, 0.717) is 12.2 Å². The molecule has 0 heterocycles. The molecule has 0 saturated carbocycles. The highest BCUT2D eigenvalue weighted by Gasteiger charge is 2.39. The maximum absolute atomic E-state index is 12.3. The topological polar surface area (TPSA) is 35.5 Å². The Morgan fingerprint density at radius 1 is 1.28 bits per heavy atom. The van der Waals surface area contributed by atoms with Gasteiger partial charge >= 0.3 is 6.18 Å². The average Bonchev–Trinajstić information content (AvgIpc) is 2.30. The number of rotatable bonds is 5. The first-order chi connectivity index (χ1) is 8.36. The summed E-state index contributed by atoms with van der Waals surface area (Å²) in [5, 5.41) is 0. The maximum Gasteiger partial charge on any atom is 0.454 e. The van der Waals surface area contributed by atoms with E-state index in [2.05, 4.69) is 0 Å². The fraction of sp³-hybridized carbons (Fsp3) is 0.417. The first-order valence-corrected chi connectivity index (χ1v) is 5.20. The third-order valence-electron chi connectivity index (χ3n) is 2.25. The Morgan fingerprint density at radius 3 is 2.50 bits per heavy atom. The van der Waals surface area contributed by atoms with E-state index in [1.54, 1.807) is 6.92 Å². The predicted molar refractivity (Wildman–Crippen MR) is 58.9 cm³/mol. The number of carbonyl (C=O) groups excluding carboxylic acids is 1. The van der Waals surface area contributed by atoms with Crippen molar-refractivity contribution in [3.05, 3.63) is 29.3 Å². The molecule has 100 valence electrons. The standard InChI is InChI=1S/C12H13F3O3/c1-8-3-4-9(11(16)12(13,14)15)7-10(8)18-6-5-17-2/h3-4,7H,5-6H2,1-2H3. The lowest BCUT2D eigenvalue weighted by atomic mass is 10.1.